The Morgan fingerprint density at radius 3 is 2.00 bits per heavy atom. The lowest BCUT2D eigenvalue weighted by Gasteiger charge is -2.24. The molecule has 0 spiro atoms. The van der Waals surface area contributed by atoms with E-state index in [0.717, 1.165) is 0 Å². The van der Waals surface area contributed by atoms with Crippen LogP contribution in [0.25, 0.3) is 0 Å². The van der Waals surface area contributed by atoms with Crippen LogP contribution in [0.4, 0.5) is 8.78 Å². The van der Waals surface area contributed by atoms with Crippen molar-refractivity contribution in [1.29, 1.82) is 0 Å². The summed E-state index contributed by atoms with van der Waals surface area (Å²) in [6.45, 7) is 5.32. The first-order valence-corrected chi connectivity index (χ1v) is 4.54. The number of benzene rings is 1. The summed E-state index contributed by atoms with van der Waals surface area (Å²) >= 11 is 0. The van der Waals surface area contributed by atoms with Gasteiger partial charge in [-0.3, -0.25) is 0 Å². The first-order valence-electron chi connectivity index (χ1n) is 4.54. The van der Waals surface area contributed by atoms with Gasteiger partial charge in [0.05, 0.1) is 0 Å². The zero-order valence-electron chi connectivity index (χ0n) is 8.70. The summed E-state index contributed by atoms with van der Waals surface area (Å²) in [4.78, 5) is 0. The molecule has 1 aromatic carbocycles. The van der Waals surface area contributed by atoms with E-state index in [1.165, 1.54) is 12.1 Å². The Morgan fingerprint density at radius 2 is 1.64 bits per heavy atom. The van der Waals surface area contributed by atoms with Crippen LogP contribution in [0.2, 0.25) is 0 Å². The predicted molar refractivity (Wildman–Crippen MR) is 53.2 cm³/mol. The molecule has 78 valence electrons. The molecule has 0 saturated carbocycles. The van der Waals surface area contributed by atoms with Crippen LogP contribution in [0.5, 0.6) is 0 Å². The molecular formula is C11H15F2N. The van der Waals surface area contributed by atoms with Gasteiger partial charge < -0.3 is 5.73 Å². The molecular weight excluding hydrogens is 184 g/mol. The molecule has 0 amide bonds. The maximum atomic E-state index is 13.5. The lowest BCUT2D eigenvalue weighted by Crippen LogP contribution is -2.30. The van der Waals surface area contributed by atoms with E-state index >= 15 is 0 Å². The monoisotopic (exact) mass is 199 g/mol. The first kappa shape index (κ1) is 11.1. The van der Waals surface area contributed by atoms with Crippen molar-refractivity contribution in [3.8, 4) is 0 Å². The second-order valence-electron chi connectivity index (χ2n) is 4.19. The Hall–Kier alpha value is -0.960. The standard InChI is InChI=1S/C11H15F2N/c1-7-4-8(12)10(9(13)5-7)11(2,3)6-14/h4-5H,6,14H2,1-3H3. The van der Waals surface area contributed by atoms with Crippen molar-refractivity contribution < 1.29 is 8.78 Å². The van der Waals surface area contributed by atoms with E-state index in [4.69, 9.17) is 5.73 Å². The maximum absolute atomic E-state index is 13.5. The molecule has 0 unspecified atom stereocenters. The van der Waals surface area contributed by atoms with Gasteiger partial charge in [-0.2, -0.15) is 0 Å². The van der Waals surface area contributed by atoms with Crippen molar-refractivity contribution in [2.45, 2.75) is 26.2 Å². The number of aryl methyl sites for hydroxylation is 1. The summed E-state index contributed by atoms with van der Waals surface area (Å²) in [7, 11) is 0. The molecule has 0 aliphatic rings. The van der Waals surface area contributed by atoms with Crippen LogP contribution < -0.4 is 5.73 Å². The summed E-state index contributed by atoms with van der Waals surface area (Å²) in [6.07, 6.45) is 0. The van der Waals surface area contributed by atoms with Gasteiger partial charge in [0.15, 0.2) is 0 Å². The first-order chi connectivity index (χ1) is 6.38. The van der Waals surface area contributed by atoms with E-state index in [1.807, 2.05) is 0 Å². The Balaban J connectivity index is 3.35. The van der Waals surface area contributed by atoms with Crippen molar-refractivity contribution in [3.63, 3.8) is 0 Å². The van der Waals surface area contributed by atoms with Crippen LogP contribution in [0.1, 0.15) is 25.0 Å². The van der Waals surface area contributed by atoms with Gasteiger partial charge in [0.1, 0.15) is 11.6 Å². The Morgan fingerprint density at radius 1 is 1.21 bits per heavy atom. The molecule has 0 aromatic heterocycles. The average molecular weight is 199 g/mol. The van der Waals surface area contributed by atoms with Crippen molar-refractivity contribution in [1.82, 2.24) is 0 Å². The molecule has 1 aromatic rings. The highest BCUT2D eigenvalue weighted by molar-refractivity contribution is 5.31. The zero-order chi connectivity index (χ0) is 10.9. The van der Waals surface area contributed by atoms with Crippen LogP contribution in [0.3, 0.4) is 0 Å². The molecule has 0 atom stereocenters. The van der Waals surface area contributed by atoms with Crippen molar-refractivity contribution in [2.75, 3.05) is 6.54 Å². The third-order valence-corrected chi connectivity index (χ3v) is 2.37. The van der Waals surface area contributed by atoms with Gasteiger partial charge in [-0.15, -0.1) is 0 Å². The van der Waals surface area contributed by atoms with Gasteiger partial charge in [-0.1, -0.05) is 13.8 Å². The molecule has 0 radical (unpaired) electrons. The van der Waals surface area contributed by atoms with E-state index in [9.17, 15) is 8.78 Å². The average Bonchev–Trinajstić information content (AvgIpc) is 2.01. The Kier molecular flexibility index (Phi) is 2.90. The van der Waals surface area contributed by atoms with Gasteiger partial charge in [-0.25, -0.2) is 8.78 Å². The predicted octanol–water partition coefficient (Wildman–Crippen LogP) is 2.51. The molecule has 1 rings (SSSR count). The number of hydrogen-bond acceptors (Lipinski definition) is 1. The molecule has 3 heteroatoms. The molecule has 2 N–H and O–H groups in total. The van der Waals surface area contributed by atoms with E-state index < -0.39 is 17.0 Å². The smallest absolute Gasteiger partial charge is 0.130 e. The van der Waals surface area contributed by atoms with E-state index in [-0.39, 0.29) is 12.1 Å². The van der Waals surface area contributed by atoms with Gasteiger partial charge in [-0.05, 0) is 24.6 Å². The maximum Gasteiger partial charge on any atom is 0.130 e. The number of halogens is 2. The van der Waals surface area contributed by atoms with Crippen molar-refractivity contribution in [2.24, 2.45) is 5.73 Å². The highest BCUT2D eigenvalue weighted by Gasteiger charge is 2.26. The summed E-state index contributed by atoms with van der Waals surface area (Å²) in [5.74, 6) is -1.03. The zero-order valence-corrected chi connectivity index (χ0v) is 8.70. The normalized spacial score (nSPS) is 11.9. The van der Waals surface area contributed by atoms with E-state index in [2.05, 4.69) is 0 Å². The summed E-state index contributed by atoms with van der Waals surface area (Å²) in [6, 6.07) is 2.66. The summed E-state index contributed by atoms with van der Waals surface area (Å²) in [5, 5.41) is 0. The fraction of sp³-hybridized carbons (Fsp3) is 0.455. The van der Waals surface area contributed by atoms with Gasteiger partial charge in [0.25, 0.3) is 0 Å². The van der Waals surface area contributed by atoms with Crippen LogP contribution in [-0.4, -0.2) is 6.54 Å². The van der Waals surface area contributed by atoms with Crippen LogP contribution in [0, 0.1) is 18.6 Å². The topological polar surface area (TPSA) is 26.0 Å². The quantitative estimate of drug-likeness (QED) is 0.778. The highest BCUT2D eigenvalue weighted by atomic mass is 19.1. The Bertz CT molecular complexity index is 322. The van der Waals surface area contributed by atoms with E-state index in [0.29, 0.717) is 5.56 Å². The van der Waals surface area contributed by atoms with Gasteiger partial charge in [0.2, 0.25) is 0 Å². The SMILES string of the molecule is Cc1cc(F)c(C(C)(C)CN)c(F)c1. The van der Waals surface area contributed by atoms with Crippen LogP contribution in [-0.2, 0) is 5.41 Å². The molecule has 0 bridgehead atoms. The number of rotatable bonds is 2. The lowest BCUT2D eigenvalue weighted by molar-refractivity contribution is 0.453. The minimum absolute atomic E-state index is 0.0746. The third kappa shape index (κ3) is 1.93. The molecule has 0 saturated heterocycles. The largest absolute Gasteiger partial charge is 0.330 e. The summed E-state index contributed by atoms with van der Waals surface area (Å²) in [5.41, 5.74) is 5.47. The minimum Gasteiger partial charge on any atom is -0.330 e. The van der Waals surface area contributed by atoms with Crippen molar-refractivity contribution in [3.05, 3.63) is 34.9 Å². The highest BCUT2D eigenvalue weighted by Crippen LogP contribution is 2.28. The number of hydrogen-bond donors (Lipinski definition) is 1. The lowest BCUT2D eigenvalue weighted by atomic mass is 9.83. The van der Waals surface area contributed by atoms with Crippen LogP contribution in [0.15, 0.2) is 12.1 Å². The van der Waals surface area contributed by atoms with E-state index in [1.54, 1.807) is 20.8 Å². The fourth-order valence-electron chi connectivity index (χ4n) is 1.45. The molecule has 0 aliphatic heterocycles. The van der Waals surface area contributed by atoms with Crippen LogP contribution >= 0.6 is 0 Å². The Labute approximate surface area is 82.9 Å². The molecule has 0 fully saturated rings. The third-order valence-electron chi connectivity index (χ3n) is 2.37. The molecule has 0 heterocycles. The minimum atomic E-state index is -0.665. The van der Waals surface area contributed by atoms with Gasteiger partial charge in [0, 0.05) is 17.5 Å². The van der Waals surface area contributed by atoms with Gasteiger partial charge >= 0.3 is 0 Å². The summed E-state index contributed by atoms with van der Waals surface area (Å²) < 4.78 is 27.0. The molecule has 14 heavy (non-hydrogen) atoms. The molecule has 0 aliphatic carbocycles. The second-order valence-corrected chi connectivity index (χ2v) is 4.19. The molecule has 1 nitrogen and oxygen atoms in total. The van der Waals surface area contributed by atoms with Crippen molar-refractivity contribution >= 4 is 0 Å². The second kappa shape index (κ2) is 3.65. The fourth-order valence-corrected chi connectivity index (χ4v) is 1.45. The number of nitrogens with two attached hydrogens (primary N) is 1.